The molecule has 1 rings (SSSR count). The third-order valence-corrected chi connectivity index (χ3v) is 4.21. The summed E-state index contributed by atoms with van der Waals surface area (Å²) < 4.78 is 0. The molecule has 1 saturated carbocycles. The number of carbonyl (C=O) groups excluding carboxylic acids is 1. The molecule has 3 nitrogen and oxygen atoms in total. The number of nitrogens with one attached hydrogen (secondary N) is 2. The maximum Gasteiger partial charge on any atom is 0.237 e. The van der Waals surface area contributed by atoms with E-state index in [1.165, 1.54) is 19.3 Å². The van der Waals surface area contributed by atoms with Crippen LogP contribution >= 0.6 is 11.8 Å². The summed E-state index contributed by atoms with van der Waals surface area (Å²) in [6.07, 6.45) is 5.91. The van der Waals surface area contributed by atoms with E-state index in [0.29, 0.717) is 11.3 Å². The Hall–Kier alpha value is -0.220. The van der Waals surface area contributed by atoms with Gasteiger partial charge in [-0.1, -0.05) is 6.42 Å². The van der Waals surface area contributed by atoms with Crippen molar-refractivity contribution in [3.63, 3.8) is 0 Å². The van der Waals surface area contributed by atoms with Gasteiger partial charge in [0, 0.05) is 17.3 Å². The first-order chi connectivity index (χ1) is 7.54. The van der Waals surface area contributed by atoms with Gasteiger partial charge in [-0.25, -0.2) is 0 Å². The molecule has 1 amide bonds. The number of rotatable bonds is 5. The molecule has 0 spiro atoms. The molecule has 16 heavy (non-hydrogen) atoms. The van der Waals surface area contributed by atoms with Crippen molar-refractivity contribution in [3.8, 4) is 0 Å². The zero-order valence-electron chi connectivity index (χ0n) is 10.7. The number of hydrogen-bond donors (Lipinski definition) is 2. The minimum atomic E-state index is -0.0832. The zero-order valence-corrected chi connectivity index (χ0v) is 11.6. The molecule has 0 aromatic heterocycles. The highest BCUT2D eigenvalue weighted by atomic mass is 32.2. The molecule has 0 radical (unpaired) electrons. The highest BCUT2D eigenvalue weighted by Gasteiger charge is 2.28. The number of hydrogen-bond acceptors (Lipinski definition) is 3. The third kappa shape index (κ3) is 3.98. The molecule has 0 aromatic carbocycles. The van der Waals surface area contributed by atoms with Crippen LogP contribution < -0.4 is 10.6 Å². The lowest BCUT2D eigenvalue weighted by Crippen LogP contribution is -2.49. The Morgan fingerprint density at radius 1 is 1.31 bits per heavy atom. The smallest absolute Gasteiger partial charge is 0.237 e. The minimum absolute atomic E-state index is 0.0832. The van der Waals surface area contributed by atoms with Crippen LogP contribution in [0.4, 0.5) is 0 Å². The van der Waals surface area contributed by atoms with Gasteiger partial charge in [0.05, 0.1) is 6.04 Å². The Morgan fingerprint density at radius 3 is 2.56 bits per heavy atom. The van der Waals surface area contributed by atoms with E-state index in [4.69, 9.17) is 0 Å². The van der Waals surface area contributed by atoms with Crippen molar-refractivity contribution in [1.29, 1.82) is 0 Å². The summed E-state index contributed by atoms with van der Waals surface area (Å²) in [6.45, 7) is 5.93. The predicted octanol–water partition coefficient (Wildman–Crippen LogP) is 1.77. The first-order valence-electron chi connectivity index (χ1n) is 6.13. The summed E-state index contributed by atoms with van der Waals surface area (Å²) in [5, 5.41) is 7.07. The molecule has 4 heteroatoms. The molecule has 0 saturated heterocycles. The van der Waals surface area contributed by atoms with Gasteiger partial charge in [-0.3, -0.25) is 4.79 Å². The van der Waals surface area contributed by atoms with Gasteiger partial charge in [0.15, 0.2) is 0 Å². The van der Waals surface area contributed by atoms with Crippen LogP contribution in [0.1, 0.15) is 40.0 Å². The van der Waals surface area contributed by atoms with Gasteiger partial charge in [0.2, 0.25) is 5.91 Å². The maximum absolute atomic E-state index is 11.8. The zero-order chi connectivity index (χ0) is 12.1. The number of amides is 1. The Labute approximate surface area is 103 Å². The Morgan fingerprint density at radius 2 is 2.00 bits per heavy atom. The molecule has 1 fully saturated rings. The van der Waals surface area contributed by atoms with E-state index in [-0.39, 0.29) is 18.0 Å². The summed E-state index contributed by atoms with van der Waals surface area (Å²) in [5.74, 6) is 0.113. The topological polar surface area (TPSA) is 41.1 Å². The normalized spacial score (nSPS) is 27.1. The van der Waals surface area contributed by atoms with Crippen LogP contribution in [0.15, 0.2) is 0 Å². The molecular formula is C12H24N2OS. The molecule has 3 unspecified atom stereocenters. The lowest BCUT2D eigenvalue weighted by Gasteiger charge is -2.24. The van der Waals surface area contributed by atoms with Gasteiger partial charge in [-0.05, 0) is 39.9 Å². The molecule has 2 N–H and O–H groups in total. The second-order valence-electron chi connectivity index (χ2n) is 4.86. The van der Waals surface area contributed by atoms with Crippen molar-refractivity contribution in [2.24, 2.45) is 0 Å². The van der Waals surface area contributed by atoms with E-state index >= 15 is 0 Å². The summed E-state index contributed by atoms with van der Waals surface area (Å²) >= 11 is 1.91. The second kappa shape index (κ2) is 6.50. The quantitative estimate of drug-likeness (QED) is 0.774. The Balaban J connectivity index is 2.38. The van der Waals surface area contributed by atoms with Gasteiger partial charge in [0.25, 0.3) is 0 Å². The summed E-state index contributed by atoms with van der Waals surface area (Å²) in [5.41, 5.74) is 0. The Kier molecular flexibility index (Phi) is 5.62. The number of thioether (sulfide) groups is 1. The first-order valence-corrected chi connectivity index (χ1v) is 7.42. The van der Waals surface area contributed by atoms with Crippen molar-refractivity contribution in [3.05, 3.63) is 0 Å². The fourth-order valence-electron chi connectivity index (χ4n) is 2.21. The molecular weight excluding hydrogens is 220 g/mol. The lowest BCUT2D eigenvalue weighted by atomic mass is 10.2. The van der Waals surface area contributed by atoms with E-state index in [2.05, 4.69) is 16.9 Å². The molecule has 0 aliphatic heterocycles. The van der Waals surface area contributed by atoms with E-state index < -0.39 is 0 Å². The van der Waals surface area contributed by atoms with Gasteiger partial charge in [-0.15, -0.1) is 0 Å². The van der Waals surface area contributed by atoms with Crippen LogP contribution in [0, 0.1) is 0 Å². The average Bonchev–Trinajstić information content (AvgIpc) is 2.64. The lowest BCUT2D eigenvalue weighted by molar-refractivity contribution is -0.123. The molecule has 1 aliphatic carbocycles. The molecule has 94 valence electrons. The van der Waals surface area contributed by atoms with E-state index in [0.717, 1.165) is 0 Å². The Bertz CT molecular complexity index is 233. The van der Waals surface area contributed by atoms with Crippen LogP contribution in [-0.4, -0.2) is 35.5 Å². The highest BCUT2D eigenvalue weighted by Crippen LogP contribution is 2.28. The highest BCUT2D eigenvalue weighted by molar-refractivity contribution is 7.99. The van der Waals surface area contributed by atoms with Gasteiger partial charge >= 0.3 is 0 Å². The van der Waals surface area contributed by atoms with Gasteiger partial charge in [-0.2, -0.15) is 11.8 Å². The van der Waals surface area contributed by atoms with E-state index in [1.807, 2.05) is 32.5 Å². The molecule has 0 aromatic rings. The monoisotopic (exact) mass is 244 g/mol. The van der Waals surface area contributed by atoms with Gasteiger partial charge in [0.1, 0.15) is 0 Å². The van der Waals surface area contributed by atoms with Crippen LogP contribution in [0.25, 0.3) is 0 Å². The van der Waals surface area contributed by atoms with Crippen molar-refractivity contribution in [2.75, 3.05) is 6.26 Å². The summed E-state index contributed by atoms with van der Waals surface area (Å²) in [4.78, 5) is 11.8. The molecule has 0 heterocycles. The van der Waals surface area contributed by atoms with Crippen LogP contribution in [0.2, 0.25) is 0 Å². The van der Waals surface area contributed by atoms with E-state index in [1.54, 1.807) is 0 Å². The minimum Gasteiger partial charge on any atom is -0.353 e. The molecule has 3 atom stereocenters. The maximum atomic E-state index is 11.8. The predicted molar refractivity (Wildman–Crippen MR) is 70.8 cm³/mol. The summed E-state index contributed by atoms with van der Waals surface area (Å²) in [6, 6.07) is 0.639. The molecule has 0 bridgehead atoms. The standard InChI is InChI=1S/C12H24N2OS/c1-8(2)13-12(15)9(3)14-10-6-5-7-11(10)16-4/h8-11,14H,5-7H2,1-4H3,(H,13,15). The van der Waals surface area contributed by atoms with Crippen molar-refractivity contribution < 1.29 is 4.79 Å². The van der Waals surface area contributed by atoms with Crippen LogP contribution in [0.5, 0.6) is 0 Å². The largest absolute Gasteiger partial charge is 0.353 e. The summed E-state index contributed by atoms with van der Waals surface area (Å²) in [7, 11) is 0. The molecule has 1 aliphatic rings. The van der Waals surface area contributed by atoms with E-state index in [9.17, 15) is 4.79 Å². The van der Waals surface area contributed by atoms with Crippen LogP contribution in [-0.2, 0) is 4.79 Å². The average molecular weight is 244 g/mol. The van der Waals surface area contributed by atoms with Crippen molar-refractivity contribution in [2.45, 2.75) is 63.4 Å². The third-order valence-electron chi connectivity index (χ3n) is 3.04. The first kappa shape index (κ1) is 13.8. The SMILES string of the molecule is CSC1CCCC1NC(C)C(=O)NC(C)C. The van der Waals surface area contributed by atoms with Gasteiger partial charge < -0.3 is 10.6 Å². The fraction of sp³-hybridized carbons (Fsp3) is 0.917. The van der Waals surface area contributed by atoms with Crippen LogP contribution in [0.3, 0.4) is 0 Å². The number of carbonyl (C=O) groups is 1. The van der Waals surface area contributed by atoms with Crippen molar-refractivity contribution >= 4 is 17.7 Å². The fourth-order valence-corrected chi connectivity index (χ4v) is 3.15. The second-order valence-corrected chi connectivity index (χ2v) is 5.94. The van der Waals surface area contributed by atoms with Crippen molar-refractivity contribution in [1.82, 2.24) is 10.6 Å².